The highest BCUT2D eigenvalue weighted by Gasteiger charge is 2.36. The molecular formula is C14H20N4O2S. The van der Waals surface area contributed by atoms with Gasteiger partial charge in [0.05, 0.1) is 10.7 Å². The number of hydrogen-bond donors (Lipinski definition) is 3. The van der Waals surface area contributed by atoms with E-state index in [1.807, 2.05) is 0 Å². The molecule has 1 aliphatic carbocycles. The van der Waals surface area contributed by atoms with Crippen LogP contribution in [0, 0.1) is 0 Å². The molecule has 2 amide bonds. The van der Waals surface area contributed by atoms with Crippen molar-refractivity contribution in [1.82, 2.24) is 5.32 Å². The smallest absolute Gasteiger partial charge is 0.260 e. The molecule has 1 aromatic rings. The van der Waals surface area contributed by atoms with Crippen LogP contribution in [-0.4, -0.2) is 30.9 Å². The van der Waals surface area contributed by atoms with Gasteiger partial charge in [0.25, 0.3) is 5.91 Å². The molecule has 1 aliphatic heterocycles. The van der Waals surface area contributed by atoms with Crippen molar-refractivity contribution < 1.29 is 9.59 Å². The van der Waals surface area contributed by atoms with Crippen molar-refractivity contribution in [2.75, 3.05) is 23.7 Å². The van der Waals surface area contributed by atoms with Crippen LogP contribution in [0.4, 0.5) is 10.7 Å². The van der Waals surface area contributed by atoms with Crippen LogP contribution in [-0.2, 0) is 4.79 Å². The third-order valence-corrected chi connectivity index (χ3v) is 5.35. The molecule has 0 aromatic carbocycles. The number of carbonyl (C=O) groups is 2. The maximum absolute atomic E-state index is 11.5. The Hall–Kier alpha value is -1.76. The van der Waals surface area contributed by atoms with E-state index in [0.29, 0.717) is 16.5 Å². The lowest BCUT2D eigenvalue weighted by Gasteiger charge is -2.19. The van der Waals surface area contributed by atoms with Gasteiger partial charge in [0.15, 0.2) is 0 Å². The van der Waals surface area contributed by atoms with Crippen molar-refractivity contribution in [2.24, 2.45) is 5.73 Å². The fourth-order valence-corrected chi connectivity index (χ4v) is 4.17. The van der Waals surface area contributed by atoms with Crippen molar-refractivity contribution in [1.29, 1.82) is 0 Å². The molecule has 1 saturated carbocycles. The molecule has 0 bridgehead atoms. The molecule has 6 nitrogen and oxygen atoms in total. The number of rotatable bonds is 4. The average molecular weight is 308 g/mol. The van der Waals surface area contributed by atoms with Gasteiger partial charge < -0.3 is 21.7 Å². The summed E-state index contributed by atoms with van der Waals surface area (Å²) in [5.41, 5.74) is 13.2. The number of carbonyl (C=O) groups excluding carboxylic acids is 2. The van der Waals surface area contributed by atoms with E-state index in [1.165, 1.54) is 18.3 Å². The number of amides is 2. The summed E-state index contributed by atoms with van der Waals surface area (Å²) in [6.45, 7) is 3.16. The van der Waals surface area contributed by atoms with Crippen LogP contribution in [0.15, 0.2) is 0 Å². The van der Waals surface area contributed by atoms with Gasteiger partial charge in [0.2, 0.25) is 5.91 Å². The summed E-state index contributed by atoms with van der Waals surface area (Å²) in [5.74, 6) is 0.000194. The van der Waals surface area contributed by atoms with E-state index in [-0.39, 0.29) is 11.9 Å². The zero-order chi connectivity index (χ0) is 15.1. The summed E-state index contributed by atoms with van der Waals surface area (Å²) in [4.78, 5) is 25.4. The number of hydrogen-bond acceptors (Lipinski definition) is 5. The number of anilines is 2. The van der Waals surface area contributed by atoms with Crippen LogP contribution in [0.2, 0.25) is 0 Å². The Morgan fingerprint density at radius 2 is 2.05 bits per heavy atom. The zero-order valence-corrected chi connectivity index (χ0v) is 12.8. The Morgan fingerprint density at radius 1 is 1.33 bits per heavy atom. The van der Waals surface area contributed by atoms with Gasteiger partial charge in [0.1, 0.15) is 4.88 Å². The number of nitrogens with two attached hydrogens (primary N) is 2. The molecule has 21 heavy (non-hydrogen) atoms. The summed E-state index contributed by atoms with van der Waals surface area (Å²) in [6, 6.07) is 0.162. The largest absolute Gasteiger partial charge is 0.397 e. The Balaban J connectivity index is 1.87. The van der Waals surface area contributed by atoms with E-state index in [2.05, 4.69) is 10.2 Å². The molecule has 3 rings (SSSR count). The molecule has 2 fully saturated rings. The van der Waals surface area contributed by atoms with Crippen LogP contribution >= 0.6 is 11.3 Å². The number of nitrogens with zero attached hydrogens (tertiary/aromatic N) is 1. The Kier molecular flexibility index (Phi) is 3.52. The highest BCUT2D eigenvalue weighted by atomic mass is 32.1. The molecule has 1 saturated heterocycles. The van der Waals surface area contributed by atoms with Crippen molar-refractivity contribution >= 4 is 33.8 Å². The minimum atomic E-state index is -0.455. The summed E-state index contributed by atoms with van der Waals surface area (Å²) in [6.07, 6.45) is 3.15. The minimum absolute atomic E-state index is 0.00668. The fourth-order valence-electron chi connectivity index (χ4n) is 2.98. The fraction of sp³-hybridized carbons (Fsp3) is 0.571. The first-order valence-electron chi connectivity index (χ1n) is 7.21. The van der Waals surface area contributed by atoms with Crippen LogP contribution in [0.3, 0.4) is 0 Å². The summed E-state index contributed by atoms with van der Waals surface area (Å²) < 4.78 is 0. The summed E-state index contributed by atoms with van der Waals surface area (Å²) >= 11 is 1.39. The van der Waals surface area contributed by atoms with Crippen LogP contribution in [0.5, 0.6) is 0 Å². The second-order valence-electron chi connectivity index (χ2n) is 5.83. The number of nitrogen functional groups attached to an aromatic ring is 1. The third kappa shape index (κ3) is 2.70. The SMILES string of the molecule is CC(=O)NC1CCN(c2sc(C(N)=O)c(N)c2C2CC2)C1. The highest BCUT2D eigenvalue weighted by Crippen LogP contribution is 2.52. The van der Waals surface area contributed by atoms with E-state index in [9.17, 15) is 9.59 Å². The van der Waals surface area contributed by atoms with Crippen LogP contribution in [0.1, 0.15) is 47.3 Å². The van der Waals surface area contributed by atoms with Gasteiger partial charge in [-0.05, 0) is 25.2 Å². The lowest BCUT2D eigenvalue weighted by Crippen LogP contribution is -2.35. The topological polar surface area (TPSA) is 101 Å². The molecule has 7 heteroatoms. The molecular weight excluding hydrogens is 288 g/mol. The Bertz CT molecular complexity index is 594. The predicted octanol–water partition coefficient (Wildman–Crippen LogP) is 1.02. The van der Waals surface area contributed by atoms with Crippen molar-refractivity contribution in [3.63, 3.8) is 0 Å². The van der Waals surface area contributed by atoms with Crippen molar-refractivity contribution in [2.45, 2.75) is 38.1 Å². The van der Waals surface area contributed by atoms with E-state index in [1.54, 1.807) is 0 Å². The van der Waals surface area contributed by atoms with Gasteiger partial charge in [-0.15, -0.1) is 11.3 Å². The lowest BCUT2D eigenvalue weighted by atomic mass is 10.1. The quantitative estimate of drug-likeness (QED) is 0.773. The highest BCUT2D eigenvalue weighted by molar-refractivity contribution is 7.18. The van der Waals surface area contributed by atoms with Gasteiger partial charge in [0, 0.05) is 31.6 Å². The molecule has 0 radical (unpaired) electrons. The van der Waals surface area contributed by atoms with Crippen molar-refractivity contribution in [3.05, 3.63) is 10.4 Å². The van der Waals surface area contributed by atoms with Crippen LogP contribution < -0.4 is 21.7 Å². The summed E-state index contributed by atoms with van der Waals surface area (Å²) in [7, 11) is 0. The number of nitrogens with one attached hydrogen (secondary N) is 1. The molecule has 1 aromatic heterocycles. The molecule has 5 N–H and O–H groups in total. The second kappa shape index (κ2) is 5.22. The number of thiophene rings is 1. The van der Waals surface area contributed by atoms with Gasteiger partial charge >= 0.3 is 0 Å². The lowest BCUT2D eigenvalue weighted by molar-refractivity contribution is -0.119. The zero-order valence-electron chi connectivity index (χ0n) is 12.0. The standard InChI is InChI=1S/C14H20N4O2S/c1-7(19)17-9-4-5-18(6-9)14-10(8-2-3-8)11(15)12(21-14)13(16)20/h8-9H,2-6,15H2,1H3,(H2,16,20)(H,17,19). The van der Waals surface area contributed by atoms with E-state index >= 15 is 0 Å². The average Bonchev–Trinajstić information content (AvgIpc) is 3.02. The second-order valence-corrected chi connectivity index (χ2v) is 6.83. The van der Waals surface area contributed by atoms with Crippen LogP contribution in [0.25, 0.3) is 0 Å². The first-order valence-corrected chi connectivity index (χ1v) is 8.03. The first kappa shape index (κ1) is 14.2. The molecule has 114 valence electrons. The van der Waals surface area contributed by atoms with Gasteiger partial charge in [-0.2, -0.15) is 0 Å². The molecule has 2 heterocycles. The number of primary amides is 1. The third-order valence-electron chi connectivity index (χ3n) is 4.06. The van der Waals surface area contributed by atoms with E-state index < -0.39 is 5.91 Å². The Morgan fingerprint density at radius 3 is 2.62 bits per heavy atom. The minimum Gasteiger partial charge on any atom is -0.397 e. The van der Waals surface area contributed by atoms with Crippen molar-refractivity contribution in [3.8, 4) is 0 Å². The predicted molar refractivity (Wildman–Crippen MR) is 83.7 cm³/mol. The monoisotopic (exact) mass is 308 g/mol. The molecule has 2 aliphatic rings. The molecule has 1 atom stereocenters. The summed E-state index contributed by atoms with van der Waals surface area (Å²) in [5, 5.41) is 4.02. The first-order chi connectivity index (χ1) is 9.97. The van der Waals surface area contributed by atoms with E-state index in [4.69, 9.17) is 11.5 Å². The van der Waals surface area contributed by atoms with Gasteiger partial charge in [-0.1, -0.05) is 0 Å². The maximum atomic E-state index is 11.5. The normalized spacial score (nSPS) is 21.6. The molecule has 1 unspecified atom stereocenters. The van der Waals surface area contributed by atoms with E-state index in [0.717, 1.165) is 42.9 Å². The maximum Gasteiger partial charge on any atom is 0.260 e. The van der Waals surface area contributed by atoms with Gasteiger partial charge in [-0.3, -0.25) is 9.59 Å². The molecule has 0 spiro atoms. The Labute approximate surface area is 127 Å². The van der Waals surface area contributed by atoms with Gasteiger partial charge in [-0.25, -0.2) is 0 Å².